The SMILES string of the molecule is CCc1nnc(-c2ccc(C=N/N=C3/NC(=O)/C(=C\C(=O)OC)S3)cc2)o1. The minimum absolute atomic E-state index is 0.200. The monoisotopic (exact) mass is 385 g/mol. The number of carbonyl (C=O) groups is 2. The fourth-order valence-corrected chi connectivity index (χ4v) is 2.75. The molecule has 3 rings (SSSR count). The number of nitrogens with zero attached hydrogens (tertiary/aromatic N) is 4. The van der Waals surface area contributed by atoms with Gasteiger partial charge in [-0.3, -0.25) is 10.1 Å². The van der Waals surface area contributed by atoms with Gasteiger partial charge in [0.25, 0.3) is 5.91 Å². The first-order chi connectivity index (χ1) is 13.1. The van der Waals surface area contributed by atoms with Crippen LogP contribution in [0, 0.1) is 0 Å². The number of amides is 1. The molecule has 2 aromatic rings. The van der Waals surface area contributed by atoms with Crippen LogP contribution < -0.4 is 5.32 Å². The Morgan fingerprint density at radius 2 is 2.11 bits per heavy atom. The summed E-state index contributed by atoms with van der Waals surface area (Å²) in [7, 11) is 1.24. The van der Waals surface area contributed by atoms with E-state index in [2.05, 4.69) is 30.5 Å². The van der Waals surface area contributed by atoms with Crippen molar-refractivity contribution in [2.45, 2.75) is 13.3 Å². The molecule has 1 N–H and O–H groups in total. The van der Waals surface area contributed by atoms with Gasteiger partial charge in [0.1, 0.15) is 0 Å². The summed E-state index contributed by atoms with van der Waals surface area (Å²) in [5, 5.41) is 18.6. The Hall–Kier alpha value is -3.27. The van der Waals surface area contributed by atoms with Crippen LogP contribution in [0.1, 0.15) is 18.4 Å². The quantitative estimate of drug-likeness (QED) is 0.361. The number of esters is 1. The Labute approximate surface area is 158 Å². The lowest BCUT2D eigenvalue weighted by molar-refractivity contribution is -0.135. The molecule has 1 saturated heterocycles. The van der Waals surface area contributed by atoms with Gasteiger partial charge < -0.3 is 9.15 Å². The van der Waals surface area contributed by atoms with E-state index >= 15 is 0 Å². The predicted octanol–water partition coefficient (Wildman–Crippen LogP) is 1.91. The van der Waals surface area contributed by atoms with Crippen LogP contribution in [0.25, 0.3) is 11.5 Å². The summed E-state index contributed by atoms with van der Waals surface area (Å²) in [6.45, 7) is 1.94. The third-order valence-electron chi connectivity index (χ3n) is 3.38. The maximum Gasteiger partial charge on any atom is 0.331 e. The van der Waals surface area contributed by atoms with E-state index in [1.165, 1.54) is 13.3 Å². The normalized spacial score (nSPS) is 17.0. The summed E-state index contributed by atoms with van der Waals surface area (Å²) >= 11 is 1.01. The zero-order valence-corrected chi connectivity index (χ0v) is 15.3. The second-order valence-corrected chi connectivity index (χ2v) is 6.24. The zero-order chi connectivity index (χ0) is 19.2. The maximum atomic E-state index is 11.7. The van der Waals surface area contributed by atoms with E-state index in [1.54, 1.807) is 0 Å². The number of amidine groups is 1. The number of benzene rings is 1. The second kappa shape index (κ2) is 8.41. The molecule has 27 heavy (non-hydrogen) atoms. The number of ether oxygens (including phenoxy) is 1. The molecule has 1 aromatic heterocycles. The smallest absolute Gasteiger partial charge is 0.331 e. The first kappa shape index (κ1) is 18.5. The van der Waals surface area contributed by atoms with Crippen molar-refractivity contribution < 1.29 is 18.7 Å². The number of aromatic nitrogens is 2. The summed E-state index contributed by atoms with van der Waals surface area (Å²) in [4.78, 5) is 23.1. The van der Waals surface area contributed by atoms with Crippen LogP contribution in [-0.2, 0) is 20.7 Å². The number of nitrogens with one attached hydrogen (secondary N) is 1. The molecular weight excluding hydrogens is 370 g/mol. The number of hydrogen-bond donors (Lipinski definition) is 1. The van der Waals surface area contributed by atoms with Crippen molar-refractivity contribution in [3.05, 3.63) is 46.7 Å². The third kappa shape index (κ3) is 4.67. The highest BCUT2D eigenvalue weighted by molar-refractivity contribution is 8.18. The van der Waals surface area contributed by atoms with Crippen LogP contribution in [-0.4, -0.2) is 40.6 Å². The molecule has 1 aliphatic heterocycles. The third-order valence-corrected chi connectivity index (χ3v) is 4.28. The van der Waals surface area contributed by atoms with E-state index in [0.717, 1.165) is 29.0 Å². The van der Waals surface area contributed by atoms with Crippen LogP contribution in [0.15, 0.2) is 49.9 Å². The number of methoxy groups -OCH3 is 1. The van der Waals surface area contributed by atoms with Gasteiger partial charge in [0.15, 0.2) is 5.17 Å². The van der Waals surface area contributed by atoms with Gasteiger partial charge in [0.05, 0.1) is 18.2 Å². The van der Waals surface area contributed by atoms with E-state index in [9.17, 15) is 9.59 Å². The maximum absolute atomic E-state index is 11.7. The van der Waals surface area contributed by atoms with E-state index in [4.69, 9.17) is 4.42 Å². The molecule has 1 aliphatic rings. The van der Waals surface area contributed by atoms with E-state index in [1.807, 2.05) is 31.2 Å². The van der Waals surface area contributed by atoms with Crippen LogP contribution in [0.4, 0.5) is 0 Å². The van der Waals surface area contributed by atoms with Crippen molar-refractivity contribution in [2.24, 2.45) is 10.2 Å². The van der Waals surface area contributed by atoms with Crippen LogP contribution >= 0.6 is 11.8 Å². The zero-order valence-electron chi connectivity index (χ0n) is 14.5. The van der Waals surface area contributed by atoms with Crippen molar-refractivity contribution in [1.82, 2.24) is 15.5 Å². The molecule has 0 spiro atoms. The number of aryl methyl sites for hydroxylation is 1. The topological polar surface area (TPSA) is 119 Å². The second-order valence-electron chi connectivity index (χ2n) is 5.21. The average Bonchev–Trinajstić information content (AvgIpc) is 3.29. The Balaban J connectivity index is 1.64. The highest BCUT2D eigenvalue weighted by Gasteiger charge is 2.24. The molecule has 0 saturated carbocycles. The van der Waals surface area contributed by atoms with Gasteiger partial charge in [-0.25, -0.2) is 4.79 Å². The molecular formula is C17H15N5O4S. The van der Waals surface area contributed by atoms with Gasteiger partial charge in [-0.2, -0.15) is 5.10 Å². The highest BCUT2D eigenvalue weighted by atomic mass is 32.2. The lowest BCUT2D eigenvalue weighted by atomic mass is 10.1. The number of hydrogen-bond acceptors (Lipinski definition) is 9. The number of carbonyl (C=O) groups excluding carboxylic acids is 2. The van der Waals surface area contributed by atoms with E-state index in [0.29, 0.717) is 18.2 Å². The molecule has 0 aliphatic carbocycles. The summed E-state index contributed by atoms with van der Waals surface area (Å²) in [6, 6.07) is 7.34. The highest BCUT2D eigenvalue weighted by Crippen LogP contribution is 2.23. The molecule has 0 radical (unpaired) electrons. The van der Waals surface area contributed by atoms with Gasteiger partial charge in [0.2, 0.25) is 11.8 Å². The van der Waals surface area contributed by atoms with Crippen molar-refractivity contribution in [2.75, 3.05) is 7.11 Å². The average molecular weight is 385 g/mol. The Bertz CT molecular complexity index is 946. The minimum atomic E-state index is -0.607. The first-order valence-electron chi connectivity index (χ1n) is 7.91. The van der Waals surface area contributed by atoms with Crippen molar-refractivity contribution in [3.8, 4) is 11.5 Å². The number of thioether (sulfide) groups is 1. The summed E-state index contributed by atoms with van der Waals surface area (Å²) in [5.74, 6) is 0.0215. The van der Waals surface area contributed by atoms with Crippen molar-refractivity contribution in [3.63, 3.8) is 0 Å². The largest absolute Gasteiger partial charge is 0.466 e. The molecule has 1 amide bonds. The van der Waals surface area contributed by atoms with Gasteiger partial charge in [-0.05, 0) is 29.5 Å². The number of rotatable bonds is 5. The van der Waals surface area contributed by atoms with Crippen molar-refractivity contribution in [1.29, 1.82) is 0 Å². The predicted molar refractivity (Wildman–Crippen MR) is 100.0 cm³/mol. The van der Waals surface area contributed by atoms with Crippen LogP contribution in [0.3, 0.4) is 0 Å². The molecule has 9 nitrogen and oxygen atoms in total. The molecule has 138 valence electrons. The van der Waals surface area contributed by atoms with Crippen LogP contribution in [0.2, 0.25) is 0 Å². The summed E-state index contributed by atoms with van der Waals surface area (Å²) in [5.41, 5.74) is 1.61. The lowest BCUT2D eigenvalue weighted by Crippen LogP contribution is -2.19. The standard InChI is InChI=1S/C17H15N5O4S/c1-3-13-20-21-16(26-13)11-6-4-10(5-7-11)9-18-22-17-19-15(24)12(27-17)8-14(23)25-2/h4-9H,3H2,1-2H3,(H,19,22,24)/b12-8+,18-9?. The molecule has 1 aromatic carbocycles. The van der Waals surface area contributed by atoms with Gasteiger partial charge in [-0.15, -0.1) is 15.3 Å². The van der Waals surface area contributed by atoms with E-state index in [-0.39, 0.29) is 10.1 Å². The molecule has 0 atom stereocenters. The lowest BCUT2D eigenvalue weighted by Gasteiger charge is -1.95. The molecule has 10 heteroatoms. The fourth-order valence-electron chi connectivity index (χ4n) is 2.01. The molecule has 0 unspecified atom stereocenters. The van der Waals surface area contributed by atoms with Gasteiger partial charge in [-0.1, -0.05) is 19.1 Å². The van der Waals surface area contributed by atoms with E-state index < -0.39 is 11.9 Å². The molecule has 0 bridgehead atoms. The Morgan fingerprint density at radius 1 is 1.33 bits per heavy atom. The van der Waals surface area contributed by atoms with Crippen LogP contribution in [0.5, 0.6) is 0 Å². The summed E-state index contributed by atoms with van der Waals surface area (Å²) in [6.07, 6.45) is 3.33. The fraction of sp³-hybridized carbons (Fsp3) is 0.176. The minimum Gasteiger partial charge on any atom is -0.466 e. The Kier molecular flexibility index (Phi) is 5.77. The Morgan fingerprint density at radius 3 is 2.78 bits per heavy atom. The van der Waals surface area contributed by atoms with Gasteiger partial charge >= 0.3 is 5.97 Å². The van der Waals surface area contributed by atoms with Gasteiger partial charge in [0, 0.05) is 18.1 Å². The van der Waals surface area contributed by atoms with Crippen molar-refractivity contribution >= 4 is 35.0 Å². The molecule has 1 fully saturated rings. The first-order valence-corrected chi connectivity index (χ1v) is 8.73. The molecule has 2 heterocycles. The summed E-state index contributed by atoms with van der Waals surface area (Å²) < 4.78 is 9.99.